The maximum Gasteiger partial charge on any atom is 0.239 e. The molecule has 6 nitrogen and oxygen atoms in total. The first-order valence-corrected chi connectivity index (χ1v) is 8.38. The van der Waals surface area contributed by atoms with Crippen LogP contribution in [0.25, 0.3) is 11.5 Å². The summed E-state index contributed by atoms with van der Waals surface area (Å²) < 4.78 is 17.9. The van der Waals surface area contributed by atoms with Crippen LogP contribution in [0.1, 0.15) is 0 Å². The van der Waals surface area contributed by atoms with Crippen molar-refractivity contribution in [2.24, 2.45) is 11.0 Å². The van der Waals surface area contributed by atoms with Crippen molar-refractivity contribution in [3.63, 3.8) is 0 Å². The minimum Gasteiger partial charge on any atom is -0.462 e. The van der Waals surface area contributed by atoms with Gasteiger partial charge in [-0.15, -0.1) is 11.8 Å². The van der Waals surface area contributed by atoms with Crippen LogP contribution in [-0.4, -0.2) is 11.2 Å². The molecule has 0 saturated carbocycles. The quantitative estimate of drug-likeness (QED) is 0.577. The number of anilines is 1. The van der Waals surface area contributed by atoms with Gasteiger partial charge < -0.3 is 10.2 Å². The number of hydrogen-bond acceptors (Lipinski definition) is 6. The fourth-order valence-corrected chi connectivity index (χ4v) is 3.61. The van der Waals surface area contributed by atoms with Crippen LogP contribution in [0.5, 0.6) is 0 Å². The molecule has 0 amide bonds. The van der Waals surface area contributed by atoms with E-state index in [1.807, 2.05) is 6.26 Å². The average Bonchev–Trinajstić information content (AvgIpc) is 2.81. The summed E-state index contributed by atoms with van der Waals surface area (Å²) in [5.74, 6) is 0.329. The SMILES string of the molecule is CSc1sc(N)nc1-c1occc1P(N)(N)=O. The van der Waals surface area contributed by atoms with E-state index in [1.54, 1.807) is 0 Å². The number of nitrogens with zero attached hydrogens (tertiary/aromatic N) is 1. The smallest absolute Gasteiger partial charge is 0.239 e. The van der Waals surface area contributed by atoms with Crippen LogP contribution in [0.15, 0.2) is 21.0 Å². The molecule has 0 saturated heterocycles. The normalized spacial score (nSPS) is 11.9. The number of rotatable bonds is 3. The third-order valence-corrected chi connectivity index (χ3v) is 5.13. The van der Waals surface area contributed by atoms with Crippen molar-refractivity contribution in [2.45, 2.75) is 4.21 Å². The zero-order chi connectivity index (χ0) is 12.6. The molecule has 9 heteroatoms. The maximum atomic E-state index is 11.7. The second-order valence-electron chi connectivity index (χ2n) is 3.24. The Kier molecular flexibility index (Phi) is 3.33. The number of hydrogen-bond donors (Lipinski definition) is 3. The van der Waals surface area contributed by atoms with Crippen molar-refractivity contribution < 1.29 is 8.98 Å². The Morgan fingerprint density at radius 1 is 1.53 bits per heavy atom. The molecule has 0 aliphatic heterocycles. The molecule has 0 radical (unpaired) electrons. The Balaban J connectivity index is 2.61. The lowest BCUT2D eigenvalue weighted by Gasteiger charge is -2.05. The Hall–Kier alpha value is -0.790. The van der Waals surface area contributed by atoms with Gasteiger partial charge in [0.1, 0.15) is 5.69 Å². The number of furan rings is 1. The first-order valence-electron chi connectivity index (χ1n) is 4.49. The monoisotopic (exact) mass is 290 g/mol. The summed E-state index contributed by atoms with van der Waals surface area (Å²) in [4.78, 5) is 4.15. The molecule has 0 aliphatic carbocycles. The summed E-state index contributed by atoms with van der Waals surface area (Å²) in [6.07, 6.45) is 3.28. The molecule has 0 aliphatic rings. The number of thioether (sulfide) groups is 1. The van der Waals surface area contributed by atoms with E-state index >= 15 is 0 Å². The molecule has 2 aromatic heterocycles. The van der Waals surface area contributed by atoms with Gasteiger partial charge in [-0.3, -0.25) is 15.6 Å². The van der Waals surface area contributed by atoms with Crippen molar-refractivity contribution in [1.29, 1.82) is 0 Å². The van der Waals surface area contributed by atoms with Gasteiger partial charge in [-0.25, -0.2) is 4.98 Å². The number of aromatic nitrogens is 1. The van der Waals surface area contributed by atoms with E-state index in [9.17, 15) is 4.57 Å². The van der Waals surface area contributed by atoms with Crippen molar-refractivity contribution in [3.8, 4) is 11.5 Å². The van der Waals surface area contributed by atoms with Crippen LogP contribution in [0, 0.1) is 0 Å². The van der Waals surface area contributed by atoms with Gasteiger partial charge in [0.25, 0.3) is 0 Å². The fourth-order valence-electron chi connectivity index (χ4n) is 1.36. The molecule has 0 bridgehead atoms. The summed E-state index contributed by atoms with van der Waals surface area (Å²) in [6, 6.07) is 1.50. The summed E-state index contributed by atoms with van der Waals surface area (Å²) in [5, 5.41) is 0.689. The van der Waals surface area contributed by atoms with Gasteiger partial charge in [-0.2, -0.15) is 0 Å². The van der Waals surface area contributed by atoms with Gasteiger partial charge in [0, 0.05) is 0 Å². The Morgan fingerprint density at radius 2 is 2.24 bits per heavy atom. The highest BCUT2D eigenvalue weighted by Crippen LogP contribution is 2.39. The van der Waals surface area contributed by atoms with Crippen LogP contribution >= 0.6 is 30.5 Å². The van der Waals surface area contributed by atoms with Crippen molar-refractivity contribution in [3.05, 3.63) is 12.3 Å². The van der Waals surface area contributed by atoms with E-state index in [4.69, 9.17) is 21.2 Å². The fraction of sp³-hybridized carbons (Fsp3) is 0.125. The van der Waals surface area contributed by atoms with E-state index in [-0.39, 0.29) is 5.30 Å². The Bertz CT molecular complexity index is 588. The molecule has 0 unspecified atom stereocenters. The van der Waals surface area contributed by atoms with Gasteiger partial charge in [-0.1, -0.05) is 11.3 Å². The molecule has 92 valence electrons. The molecular formula is C8H11N4O2PS2. The minimum absolute atomic E-state index is 0.276. The summed E-state index contributed by atoms with van der Waals surface area (Å²) >= 11 is 2.81. The highest BCUT2D eigenvalue weighted by Gasteiger charge is 2.25. The summed E-state index contributed by atoms with van der Waals surface area (Å²) in [6.45, 7) is 0. The molecule has 2 heterocycles. The lowest BCUT2D eigenvalue weighted by molar-refractivity contribution is 0.576. The van der Waals surface area contributed by atoms with E-state index in [0.29, 0.717) is 16.6 Å². The van der Waals surface area contributed by atoms with Gasteiger partial charge >= 0.3 is 0 Å². The number of nitrogens with two attached hydrogens (primary N) is 3. The Labute approximate surface area is 106 Å². The first kappa shape index (κ1) is 12.7. The highest BCUT2D eigenvalue weighted by molar-refractivity contribution is 8.00. The summed E-state index contributed by atoms with van der Waals surface area (Å²) in [5.41, 5.74) is 17.1. The third-order valence-electron chi connectivity index (χ3n) is 2.03. The topological polar surface area (TPSA) is 121 Å². The van der Waals surface area contributed by atoms with E-state index < -0.39 is 7.44 Å². The average molecular weight is 290 g/mol. The molecule has 0 spiro atoms. The van der Waals surface area contributed by atoms with Crippen molar-refractivity contribution >= 4 is 41.0 Å². The second-order valence-corrected chi connectivity index (χ2v) is 7.24. The minimum atomic E-state index is -3.37. The van der Waals surface area contributed by atoms with Crippen LogP contribution in [0.3, 0.4) is 0 Å². The zero-order valence-corrected chi connectivity index (χ0v) is 11.4. The van der Waals surface area contributed by atoms with Crippen molar-refractivity contribution in [2.75, 3.05) is 12.0 Å². The first-order chi connectivity index (χ1) is 7.93. The standard InChI is InChI=1S/C8H11N4O2PS2/c1-16-7-5(12-8(9)17-7)6-4(2-3-14-6)15(10,11)13/h2-3H,1H3,(H2,9,12)(H4,10,11,13). The van der Waals surface area contributed by atoms with Gasteiger partial charge in [0.2, 0.25) is 7.44 Å². The predicted molar refractivity (Wildman–Crippen MR) is 71.6 cm³/mol. The molecule has 0 atom stereocenters. The highest BCUT2D eigenvalue weighted by atomic mass is 32.2. The molecule has 6 N–H and O–H groups in total. The number of nitrogen functional groups attached to an aromatic ring is 1. The summed E-state index contributed by atoms with van der Waals surface area (Å²) in [7, 11) is -3.37. The van der Waals surface area contributed by atoms with Gasteiger partial charge in [0.05, 0.1) is 15.8 Å². The van der Waals surface area contributed by atoms with E-state index in [0.717, 1.165) is 4.21 Å². The molecular weight excluding hydrogens is 279 g/mol. The van der Waals surface area contributed by atoms with Crippen LogP contribution in [-0.2, 0) is 4.57 Å². The lowest BCUT2D eigenvalue weighted by Crippen LogP contribution is -2.18. The van der Waals surface area contributed by atoms with Crippen molar-refractivity contribution in [1.82, 2.24) is 4.98 Å². The van der Waals surface area contributed by atoms with Gasteiger partial charge in [0.15, 0.2) is 10.9 Å². The van der Waals surface area contributed by atoms with Gasteiger partial charge in [-0.05, 0) is 12.3 Å². The van der Waals surface area contributed by atoms with Crippen LogP contribution < -0.4 is 22.0 Å². The molecule has 0 aromatic carbocycles. The van der Waals surface area contributed by atoms with E-state index in [1.165, 1.54) is 35.4 Å². The van der Waals surface area contributed by atoms with Crippen LogP contribution in [0.4, 0.5) is 5.13 Å². The van der Waals surface area contributed by atoms with E-state index in [2.05, 4.69) is 4.98 Å². The lowest BCUT2D eigenvalue weighted by atomic mass is 10.4. The maximum absolute atomic E-state index is 11.7. The number of thiazole rings is 1. The molecule has 17 heavy (non-hydrogen) atoms. The second kappa shape index (κ2) is 4.47. The molecule has 2 rings (SSSR count). The predicted octanol–water partition coefficient (Wildman–Crippen LogP) is 1.44. The Morgan fingerprint density at radius 3 is 2.82 bits per heavy atom. The molecule has 0 fully saturated rings. The largest absolute Gasteiger partial charge is 0.462 e. The third kappa shape index (κ3) is 2.41. The zero-order valence-electron chi connectivity index (χ0n) is 8.91. The molecule has 2 aromatic rings. The van der Waals surface area contributed by atoms with Crippen LogP contribution in [0.2, 0.25) is 0 Å².